The molecule has 1 heterocycles. The lowest BCUT2D eigenvalue weighted by Gasteiger charge is -2.22. The minimum atomic E-state index is -0.935. The zero-order valence-corrected chi connectivity index (χ0v) is 9.28. The molecule has 0 aliphatic rings. The third kappa shape index (κ3) is 2.59. The van der Waals surface area contributed by atoms with E-state index in [4.69, 9.17) is 5.11 Å². The number of rotatable bonds is 5. The molecular weight excluding hydrogens is 210 g/mol. The molecule has 0 saturated carbocycles. The van der Waals surface area contributed by atoms with E-state index in [0.717, 1.165) is 0 Å². The summed E-state index contributed by atoms with van der Waals surface area (Å²) in [5.74, 6) is -1.27. The summed E-state index contributed by atoms with van der Waals surface area (Å²) in [6.45, 7) is 3.47. The molecule has 1 unspecified atom stereocenters. The van der Waals surface area contributed by atoms with E-state index in [1.807, 2.05) is 0 Å². The number of H-pyrrole nitrogens is 1. The van der Waals surface area contributed by atoms with Crippen molar-refractivity contribution in [3.63, 3.8) is 0 Å². The average molecular weight is 225 g/mol. The van der Waals surface area contributed by atoms with Crippen molar-refractivity contribution in [3.05, 3.63) is 18.0 Å². The molecule has 3 N–H and O–H groups in total. The molecular formula is C10H15N3O3. The molecule has 0 radical (unpaired) electrons. The number of aromatic nitrogens is 2. The van der Waals surface area contributed by atoms with Crippen LogP contribution in [0.4, 0.5) is 0 Å². The Labute approximate surface area is 93.1 Å². The predicted molar refractivity (Wildman–Crippen MR) is 57.0 cm³/mol. The topological polar surface area (TPSA) is 95.1 Å². The van der Waals surface area contributed by atoms with Gasteiger partial charge in [-0.25, -0.2) is 0 Å². The molecule has 0 saturated heterocycles. The van der Waals surface area contributed by atoms with E-state index in [0.29, 0.717) is 12.1 Å². The Morgan fingerprint density at radius 2 is 2.31 bits per heavy atom. The molecule has 1 aromatic heterocycles. The summed E-state index contributed by atoms with van der Waals surface area (Å²) < 4.78 is 0. The number of carbonyl (C=O) groups excluding carboxylic acids is 1. The second-order valence-electron chi connectivity index (χ2n) is 3.87. The quantitative estimate of drug-likeness (QED) is 0.685. The van der Waals surface area contributed by atoms with Gasteiger partial charge < -0.3 is 10.4 Å². The normalized spacial score (nSPS) is 14.1. The maximum atomic E-state index is 11.5. The lowest BCUT2D eigenvalue weighted by atomic mass is 9.88. The molecule has 1 aromatic rings. The smallest absolute Gasteiger partial charge is 0.311 e. The lowest BCUT2D eigenvalue weighted by Crippen LogP contribution is -2.40. The number of hydrogen-bond donors (Lipinski definition) is 3. The van der Waals surface area contributed by atoms with E-state index in [1.165, 1.54) is 12.3 Å². The van der Waals surface area contributed by atoms with Gasteiger partial charge in [0.15, 0.2) is 0 Å². The number of amides is 1. The Balaban J connectivity index is 2.57. The number of carboxylic acid groups (broad SMARTS) is 1. The highest BCUT2D eigenvalue weighted by Gasteiger charge is 2.31. The second kappa shape index (κ2) is 4.78. The Morgan fingerprint density at radius 1 is 1.62 bits per heavy atom. The third-order valence-corrected chi connectivity index (χ3v) is 2.68. The molecule has 0 bridgehead atoms. The van der Waals surface area contributed by atoms with Crippen LogP contribution < -0.4 is 5.32 Å². The first kappa shape index (κ1) is 12.2. The minimum Gasteiger partial charge on any atom is -0.481 e. The highest BCUT2D eigenvalue weighted by Crippen LogP contribution is 2.19. The number of aromatic amines is 1. The molecule has 6 nitrogen and oxygen atoms in total. The summed E-state index contributed by atoms with van der Waals surface area (Å²) in [7, 11) is 0. The molecule has 0 aromatic carbocycles. The summed E-state index contributed by atoms with van der Waals surface area (Å²) in [6.07, 6.45) is 1.91. The van der Waals surface area contributed by atoms with Crippen molar-refractivity contribution in [2.45, 2.75) is 20.3 Å². The van der Waals surface area contributed by atoms with Gasteiger partial charge in [0.2, 0.25) is 0 Å². The number of nitrogens with zero attached hydrogens (tertiary/aromatic N) is 1. The van der Waals surface area contributed by atoms with Gasteiger partial charge in [-0.1, -0.05) is 6.92 Å². The summed E-state index contributed by atoms with van der Waals surface area (Å²) in [5.41, 5.74) is -0.612. The summed E-state index contributed by atoms with van der Waals surface area (Å²) in [6, 6.07) is 1.53. The van der Waals surface area contributed by atoms with Crippen molar-refractivity contribution in [2.24, 2.45) is 5.41 Å². The van der Waals surface area contributed by atoms with E-state index in [1.54, 1.807) is 13.8 Å². The zero-order valence-electron chi connectivity index (χ0n) is 9.28. The molecule has 16 heavy (non-hydrogen) atoms. The molecule has 1 rings (SSSR count). The average Bonchev–Trinajstić information content (AvgIpc) is 2.78. The Bertz CT molecular complexity index is 375. The van der Waals surface area contributed by atoms with Crippen LogP contribution in [0.25, 0.3) is 0 Å². The van der Waals surface area contributed by atoms with E-state index in [-0.39, 0.29) is 12.5 Å². The molecule has 1 atom stereocenters. The van der Waals surface area contributed by atoms with Gasteiger partial charge in [0.1, 0.15) is 5.69 Å². The molecule has 0 fully saturated rings. The first-order chi connectivity index (χ1) is 7.49. The first-order valence-corrected chi connectivity index (χ1v) is 5.00. The van der Waals surface area contributed by atoms with Crippen molar-refractivity contribution < 1.29 is 14.7 Å². The standard InChI is InChI=1S/C10H15N3O3/c1-3-10(2,9(15)16)6-11-8(14)7-4-5-12-13-7/h4-5H,3,6H2,1-2H3,(H,11,14)(H,12,13)(H,15,16). The summed E-state index contributed by atoms with van der Waals surface area (Å²) in [4.78, 5) is 22.5. The van der Waals surface area contributed by atoms with Crippen LogP contribution in [0.2, 0.25) is 0 Å². The highest BCUT2D eigenvalue weighted by molar-refractivity contribution is 5.92. The lowest BCUT2D eigenvalue weighted by molar-refractivity contribution is -0.147. The van der Waals surface area contributed by atoms with Gasteiger partial charge in [0.05, 0.1) is 5.41 Å². The molecule has 0 aliphatic heterocycles. The van der Waals surface area contributed by atoms with Crippen LogP contribution in [0, 0.1) is 5.41 Å². The predicted octanol–water partition coefficient (Wildman–Crippen LogP) is 0.640. The van der Waals surface area contributed by atoms with Crippen molar-refractivity contribution in [1.82, 2.24) is 15.5 Å². The molecule has 0 aliphatic carbocycles. The fourth-order valence-electron chi connectivity index (χ4n) is 1.10. The Morgan fingerprint density at radius 3 is 2.75 bits per heavy atom. The maximum Gasteiger partial charge on any atom is 0.311 e. The van der Waals surface area contributed by atoms with Gasteiger partial charge >= 0.3 is 5.97 Å². The molecule has 6 heteroatoms. The molecule has 0 spiro atoms. The SMILES string of the molecule is CCC(C)(CNC(=O)c1ccn[nH]1)C(=O)O. The number of carboxylic acids is 1. The van der Waals surface area contributed by atoms with Gasteiger partial charge in [-0.05, 0) is 19.4 Å². The Kier molecular flexibility index (Phi) is 3.65. The van der Waals surface area contributed by atoms with Gasteiger partial charge in [-0.3, -0.25) is 14.7 Å². The zero-order chi connectivity index (χ0) is 12.2. The fourth-order valence-corrected chi connectivity index (χ4v) is 1.10. The van der Waals surface area contributed by atoms with Crippen LogP contribution in [0.1, 0.15) is 30.8 Å². The largest absolute Gasteiger partial charge is 0.481 e. The van der Waals surface area contributed by atoms with Crippen LogP contribution in [0.15, 0.2) is 12.3 Å². The van der Waals surface area contributed by atoms with E-state index in [2.05, 4.69) is 15.5 Å². The number of aliphatic carboxylic acids is 1. The second-order valence-corrected chi connectivity index (χ2v) is 3.87. The Hall–Kier alpha value is -1.85. The van der Waals surface area contributed by atoms with Crippen LogP contribution in [0.3, 0.4) is 0 Å². The minimum absolute atomic E-state index is 0.0939. The van der Waals surface area contributed by atoms with E-state index >= 15 is 0 Å². The van der Waals surface area contributed by atoms with Crippen LogP contribution >= 0.6 is 0 Å². The fraction of sp³-hybridized carbons (Fsp3) is 0.500. The van der Waals surface area contributed by atoms with Gasteiger partial charge in [0, 0.05) is 12.7 Å². The molecule has 88 valence electrons. The third-order valence-electron chi connectivity index (χ3n) is 2.68. The summed E-state index contributed by atoms with van der Waals surface area (Å²) in [5, 5.41) is 17.7. The number of hydrogen-bond acceptors (Lipinski definition) is 3. The van der Waals surface area contributed by atoms with E-state index < -0.39 is 11.4 Å². The summed E-state index contributed by atoms with van der Waals surface area (Å²) >= 11 is 0. The van der Waals surface area contributed by atoms with Crippen LogP contribution in [-0.2, 0) is 4.79 Å². The van der Waals surface area contributed by atoms with Gasteiger partial charge in [0.25, 0.3) is 5.91 Å². The number of carbonyl (C=O) groups is 2. The maximum absolute atomic E-state index is 11.5. The van der Waals surface area contributed by atoms with Gasteiger partial charge in [-0.2, -0.15) is 5.10 Å². The van der Waals surface area contributed by atoms with Crippen molar-refractivity contribution in [1.29, 1.82) is 0 Å². The highest BCUT2D eigenvalue weighted by atomic mass is 16.4. The van der Waals surface area contributed by atoms with Crippen LogP contribution in [0.5, 0.6) is 0 Å². The first-order valence-electron chi connectivity index (χ1n) is 5.00. The van der Waals surface area contributed by atoms with Crippen molar-refractivity contribution in [2.75, 3.05) is 6.54 Å². The van der Waals surface area contributed by atoms with Crippen molar-refractivity contribution >= 4 is 11.9 Å². The number of nitrogens with one attached hydrogen (secondary N) is 2. The molecule has 1 amide bonds. The van der Waals surface area contributed by atoms with Crippen molar-refractivity contribution in [3.8, 4) is 0 Å². The van der Waals surface area contributed by atoms with E-state index in [9.17, 15) is 9.59 Å². The monoisotopic (exact) mass is 225 g/mol. The van der Waals surface area contributed by atoms with Gasteiger partial charge in [-0.15, -0.1) is 0 Å². The van der Waals surface area contributed by atoms with Crippen LogP contribution in [-0.4, -0.2) is 33.7 Å².